The number of hydrogen-bond acceptors (Lipinski definition) is 5. The molecule has 1 heterocycles. The van der Waals surface area contributed by atoms with E-state index in [1.165, 1.54) is 7.11 Å². The van der Waals surface area contributed by atoms with Crippen LogP contribution in [0.25, 0.3) is 5.57 Å². The van der Waals surface area contributed by atoms with E-state index in [0.717, 1.165) is 33.7 Å². The summed E-state index contributed by atoms with van der Waals surface area (Å²) in [5.41, 5.74) is 6.33. The lowest BCUT2D eigenvalue weighted by Gasteiger charge is -2.22. The van der Waals surface area contributed by atoms with E-state index in [1.54, 1.807) is 30.3 Å². The zero-order chi connectivity index (χ0) is 31.0. The molecule has 0 aliphatic carbocycles. The summed E-state index contributed by atoms with van der Waals surface area (Å²) >= 11 is 0. The first-order valence-electron chi connectivity index (χ1n) is 13.7. The van der Waals surface area contributed by atoms with Crippen molar-refractivity contribution in [3.8, 4) is 11.8 Å². The summed E-state index contributed by atoms with van der Waals surface area (Å²) in [4.78, 5) is 30.6. The van der Waals surface area contributed by atoms with Crippen LogP contribution in [0.5, 0.6) is 5.75 Å². The van der Waals surface area contributed by atoms with Gasteiger partial charge in [0.2, 0.25) is 0 Å². The predicted octanol–water partition coefficient (Wildman–Crippen LogP) is 6.79. The highest BCUT2D eigenvalue weighted by atomic mass is 16.5. The van der Waals surface area contributed by atoms with Gasteiger partial charge in [-0.2, -0.15) is 5.26 Å². The largest absolute Gasteiger partial charge is 0.495 e. The van der Waals surface area contributed by atoms with Crippen LogP contribution in [0.4, 0.5) is 0 Å². The third-order valence-electron chi connectivity index (χ3n) is 6.69. The Kier molecular flexibility index (Phi) is 10.2. The molecule has 2 amide bonds. The van der Waals surface area contributed by atoms with Crippen LogP contribution in [-0.4, -0.2) is 23.9 Å². The summed E-state index contributed by atoms with van der Waals surface area (Å²) in [7, 11) is 1.45. The molecule has 0 fully saturated rings. The topological polar surface area (TPSA) is 104 Å². The quantitative estimate of drug-likeness (QED) is 0.280. The fourth-order valence-corrected chi connectivity index (χ4v) is 4.30. The number of nitrogens with one attached hydrogen (secondary N) is 2. The molecule has 3 rings (SSSR count). The average Bonchev–Trinajstić information content (AvgIpc) is 2.96. The Morgan fingerprint density at radius 3 is 2.29 bits per heavy atom. The number of allylic oxidation sites excluding steroid dienone is 4. The molecule has 0 radical (unpaired) electrons. The number of hydrogen-bond donors (Lipinski definition) is 2. The zero-order valence-corrected chi connectivity index (χ0v) is 25.4. The number of nitriles is 1. The number of ether oxygens (including phenoxy) is 1. The van der Waals surface area contributed by atoms with Gasteiger partial charge in [0.05, 0.1) is 30.5 Å². The van der Waals surface area contributed by atoms with Gasteiger partial charge >= 0.3 is 0 Å². The van der Waals surface area contributed by atoms with Crippen LogP contribution in [0.15, 0.2) is 84.6 Å². The van der Waals surface area contributed by atoms with Crippen LogP contribution in [0.1, 0.15) is 83.4 Å². The van der Waals surface area contributed by atoms with Gasteiger partial charge in [-0.25, -0.2) is 0 Å². The third-order valence-corrected chi connectivity index (χ3v) is 6.69. The summed E-state index contributed by atoms with van der Waals surface area (Å²) in [6.45, 7) is 16.1. The van der Waals surface area contributed by atoms with Crippen molar-refractivity contribution in [1.29, 1.82) is 5.26 Å². The lowest BCUT2D eigenvalue weighted by atomic mass is 9.84. The molecule has 1 aromatic heterocycles. The first kappa shape index (κ1) is 31.6. The fraction of sp³-hybridized carbons (Fsp3) is 0.257. The summed E-state index contributed by atoms with van der Waals surface area (Å²) < 4.78 is 5.47. The van der Waals surface area contributed by atoms with Crippen molar-refractivity contribution >= 4 is 17.4 Å². The van der Waals surface area contributed by atoms with Gasteiger partial charge in [-0.05, 0) is 85.4 Å². The third kappa shape index (κ3) is 7.82. The summed E-state index contributed by atoms with van der Waals surface area (Å²) in [6.07, 6.45) is 3.62. The van der Waals surface area contributed by atoms with E-state index >= 15 is 0 Å². The highest BCUT2D eigenvalue weighted by Gasteiger charge is 2.23. The molecular weight excluding hydrogens is 524 g/mol. The fourth-order valence-electron chi connectivity index (χ4n) is 4.30. The number of aromatic nitrogens is 1. The minimum Gasteiger partial charge on any atom is -0.495 e. The molecule has 0 bridgehead atoms. The van der Waals surface area contributed by atoms with Crippen molar-refractivity contribution in [2.24, 2.45) is 0 Å². The Bertz CT molecular complexity index is 1600. The second kappa shape index (κ2) is 13.6. The number of carbonyl (C=O) groups excluding carboxylic acids is 2. The van der Waals surface area contributed by atoms with Crippen molar-refractivity contribution in [3.05, 3.63) is 124 Å². The van der Waals surface area contributed by atoms with E-state index in [4.69, 9.17) is 4.74 Å². The van der Waals surface area contributed by atoms with Crippen LogP contribution in [0.2, 0.25) is 0 Å². The van der Waals surface area contributed by atoms with Gasteiger partial charge in [-0.1, -0.05) is 57.2 Å². The van der Waals surface area contributed by atoms with E-state index < -0.39 is 5.91 Å². The van der Waals surface area contributed by atoms with Crippen molar-refractivity contribution in [3.63, 3.8) is 0 Å². The van der Waals surface area contributed by atoms with E-state index in [2.05, 4.69) is 28.3 Å². The zero-order valence-electron chi connectivity index (χ0n) is 25.4. The number of amides is 2. The minimum absolute atomic E-state index is 0.199. The summed E-state index contributed by atoms with van der Waals surface area (Å²) in [5, 5.41) is 15.6. The maximum atomic E-state index is 13.5. The molecule has 0 aliphatic rings. The highest BCUT2D eigenvalue weighted by Crippen LogP contribution is 2.32. The van der Waals surface area contributed by atoms with Crippen molar-refractivity contribution in [2.75, 3.05) is 7.11 Å². The monoisotopic (exact) mass is 562 g/mol. The lowest BCUT2D eigenvalue weighted by molar-refractivity contribution is 0.0946. The summed E-state index contributed by atoms with van der Waals surface area (Å²) in [6, 6.07) is 18.6. The Balaban J connectivity index is 1.84. The molecule has 0 aliphatic heterocycles. The maximum absolute atomic E-state index is 13.5. The maximum Gasteiger partial charge on any atom is 0.259 e. The van der Waals surface area contributed by atoms with Crippen molar-refractivity contribution in [2.45, 2.75) is 53.5 Å². The Morgan fingerprint density at radius 1 is 1.07 bits per heavy atom. The number of methoxy groups -OCH3 is 1. The molecule has 42 heavy (non-hydrogen) atoms. The van der Waals surface area contributed by atoms with Crippen LogP contribution < -0.4 is 15.4 Å². The second-order valence-electron chi connectivity index (χ2n) is 11.0. The van der Waals surface area contributed by atoms with Gasteiger partial charge in [0.15, 0.2) is 0 Å². The molecular formula is C35H38N4O3. The molecule has 2 aromatic carbocycles. The molecule has 7 heteroatoms. The van der Waals surface area contributed by atoms with Crippen LogP contribution in [0.3, 0.4) is 0 Å². The molecule has 0 unspecified atom stereocenters. The minimum atomic E-state index is -0.394. The van der Waals surface area contributed by atoms with E-state index in [9.17, 15) is 14.9 Å². The van der Waals surface area contributed by atoms with Gasteiger partial charge < -0.3 is 15.4 Å². The first-order valence-corrected chi connectivity index (χ1v) is 13.7. The molecule has 0 spiro atoms. The van der Waals surface area contributed by atoms with Gasteiger partial charge in [0.1, 0.15) is 11.8 Å². The number of rotatable bonds is 9. The normalized spacial score (nSPS) is 11.9. The number of aryl methyl sites for hydroxylation is 1. The molecule has 216 valence electrons. The summed E-state index contributed by atoms with van der Waals surface area (Å²) in [5.74, 6) is -0.361. The number of carbonyl (C=O) groups is 2. The number of pyridine rings is 1. The molecule has 0 saturated heterocycles. The molecule has 7 nitrogen and oxygen atoms in total. The first-order chi connectivity index (χ1) is 19.9. The SMILES string of the molecule is C=C(C)/C(=C\C(=C/C)NC(=O)c1cc(C(C)(C)C)cc(C#N)c1OC)c1ccc(C(=O)NCc2cccc(C)n2)cc1. The molecule has 2 N–H and O–H groups in total. The number of nitrogens with zero attached hydrogens (tertiary/aromatic N) is 2. The predicted molar refractivity (Wildman–Crippen MR) is 167 cm³/mol. The smallest absolute Gasteiger partial charge is 0.259 e. The van der Waals surface area contributed by atoms with Crippen LogP contribution in [0, 0.1) is 18.3 Å². The average molecular weight is 563 g/mol. The Morgan fingerprint density at radius 2 is 1.74 bits per heavy atom. The Hall–Kier alpha value is -4.96. The van der Waals surface area contributed by atoms with Gasteiger partial charge in [0.25, 0.3) is 11.8 Å². The molecule has 3 aromatic rings. The standard InChI is InChI=1S/C35H38N4O3/c1-9-28(39-34(41)31-18-27(35(5,6)7)17-26(20-36)32(31)42-8)19-30(22(2)3)24-13-15-25(16-14-24)33(40)37-21-29-12-10-11-23(4)38-29/h9-19H,2,21H2,1,3-8H3,(H,37,40)(H,39,41)/b28-9+,30-19+. The van der Waals surface area contributed by atoms with Gasteiger partial charge in [-0.15, -0.1) is 0 Å². The van der Waals surface area contributed by atoms with Gasteiger partial charge in [-0.3, -0.25) is 14.6 Å². The van der Waals surface area contributed by atoms with Crippen molar-refractivity contribution < 1.29 is 14.3 Å². The number of benzene rings is 2. The second-order valence-corrected chi connectivity index (χ2v) is 11.0. The lowest BCUT2D eigenvalue weighted by Crippen LogP contribution is -2.24. The van der Waals surface area contributed by atoms with E-state index in [1.807, 2.05) is 78.0 Å². The highest BCUT2D eigenvalue weighted by molar-refractivity contribution is 5.99. The Labute approximate surface area is 248 Å². The van der Waals surface area contributed by atoms with Crippen molar-refractivity contribution in [1.82, 2.24) is 15.6 Å². The van der Waals surface area contributed by atoms with E-state index in [-0.39, 0.29) is 22.6 Å². The molecule has 0 saturated carbocycles. The molecule has 0 atom stereocenters. The van der Waals surface area contributed by atoms with Gasteiger partial charge in [0, 0.05) is 17.0 Å². The van der Waals surface area contributed by atoms with Crippen LogP contribution >= 0.6 is 0 Å². The van der Waals surface area contributed by atoms with E-state index in [0.29, 0.717) is 23.4 Å². The van der Waals surface area contributed by atoms with Crippen LogP contribution in [-0.2, 0) is 12.0 Å².